The number of rotatable bonds is 6. The molecule has 0 aliphatic heterocycles. The molecule has 0 saturated heterocycles. The normalized spacial score (nSPS) is 12.1. The van der Waals surface area contributed by atoms with Gasteiger partial charge in [0.1, 0.15) is 12.4 Å². The van der Waals surface area contributed by atoms with Crippen molar-refractivity contribution in [3.05, 3.63) is 24.3 Å². The number of benzene rings is 1. The quantitative estimate of drug-likeness (QED) is 0.624. The summed E-state index contributed by atoms with van der Waals surface area (Å²) in [7, 11) is -3.20. The second-order valence-corrected chi connectivity index (χ2v) is 7.08. The van der Waals surface area contributed by atoms with Gasteiger partial charge in [0.15, 0.2) is 9.84 Å². The van der Waals surface area contributed by atoms with E-state index in [9.17, 15) is 21.4 Å². The van der Waals surface area contributed by atoms with E-state index in [2.05, 4.69) is 0 Å². The van der Waals surface area contributed by atoms with Gasteiger partial charge in [0.2, 0.25) is 0 Å². The fourth-order valence-electron chi connectivity index (χ4n) is 1.29. The zero-order valence-electron chi connectivity index (χ0n) is 11.6. The van der Waals surface area contributed by atoms with Gasteiger partial charge in [-0.15, -0.1) is 5.46 Å². The molecule has 0 amide bonds. The number of hydrogen-bond acceptors (Lipinski definition) is 3. The Balaban J connectivity index is 0.00000361. The molecular formula is C11H15BF3KO3S. The molecule has 0 aliphatic carbocycles. The maximum absolute atomic E-state index is 12.4. The molecule has 0 aliphatic rings. The minimum absolute atomic E-state index is 0. The molecule has 0 bridgehead atoms. The van der Waals surface area contributed by atoms with Crippen LogP contribution in [0.15, 0.2) is 24.3 Å². The molecule has 9 heteroatoms. The summed E-state index contributed by atoms with van der Waals surface area (Å²) in [6.07, 6.45) is 0. The molecule has 0 N–H and O–H groups in total. The van der Waals surface area contributed by atoms with Gasteiger partial charge in [-0.2, -0.15) is 0 Å². The molecule has 1 rings (SSSR count). The molecule has 0 saturated carbocycles. The van der Waals surface area contributed by atoms with Crippen LogP contribution >= 0.6 is 0 Å². The first kappa shape index (κ1) is 20.5. The van der Waals surface area contributed by atoms with Crippen molar-refractivity contribution in [2.75, 3.05) is 12.4 Å². The number of sulfone groups is 1. The van der Waals surface area contributed by atoms with Crippen molar-refractivity contribution in [3.63, 3.8) is 0 Å². The number of ether oxygens (including phenoxy) is 1. The van der Waals surface area contributed by atoms with Gasteiger partial charge in [0.05, 0.1) is 11.0 Å². The molecule has 1 aromatic carbocycles. The van der Waals surface area contributed by atoms with Crippen LogP contribution in [0.3, 0.4) is 0 Å². The Morgan fingerprint density at radius 3 is 2.05 bits per heavy atom. The first-order chi connectivity index (χ1) is 8.63. The maximum Gasteiger partial charge on any atom is 1.00 e. The Kier molecular flexibility index (Phi) is 8.38. The molecular weight excluding hydrogens is 319 g/mol. The summed E-state index contributed by atoms with van der Waals surface area (Å²) in [4.78, 5) is 0. The van der Waals surface area contributed by atoms with Gasteiger partial charge in [-0.3, -0.25) is 0 Å². The van der Waals surface area contributed by atoms with E-state index in [4.69, 9.17) is 4.74 Å². The average molecular weight is 334 g/mol. The van der Waals surface area contributed by atoms with Crippen LogP contribution in [0.2, 0.25) is 0 Å². The van der Waals surface area contributed by atoms with Crippen LogP contribution in [0.5, 0.6) is 5.75 Å². The van der Waals surface area contributed by atoms with E-state index in [1.54, 1.807) is 13.8 Å². The smallest absolute Gasteiger partial charge is 0.493 e. The first-order valence-corrected chi connectivity index (χ1v) is 7.49. The Hall–Kier alpha value is 0.461. The molecule has 20 heavy (non-hydrogen) atoms. The fourth-order valence-corrected chi connectivity index (χ4v) is 2.08. The zero-order valence-corrected chi connectivity index (χ0v) is 15.6. The Labute approximate surface area is 159 Å². The molecule has 3 nitrogen and oxygen atoms in total. The van der Waals surface area contributed by atoms with Gasteiger partial charge >= 0.3 is 58.4 Å². The third-order valence-corrected chi connectivity index (χ3v) is 4.79. The van der Waals surface area contributed by atoms with Crippen LogP contribution in [0, 0.1) is 0 Å². The average Bonchev–Trinajstić information content (AvgIpc) is 2.28. The van der Waals surface area contributed by atoms with Gasteiger partial charge in [-0.1, -0.05) is 12.1 Å². The molecule has 0 aromatic heterocycles. The van der Waals surface area contributed by atoms with Gasteiger partial charge in [-0.25, -0.2) is 8.42 Å². The predicted molar refractivity (Wildman–Crippen MR) is 69.6 cm³/mol. The molecule has 0 atom stereocenters. The summed E-state index contributed by atoms with van der Waals surface area (Å²) in [6, 6.07) is 4.22. The van der Waals surface area contributed by atoms with Crippen LogP contribution in [-0.4, -0.2) is 33.0 Å². The van der Waals surface area contributed by atoms with Crippen LogP contribution in [0.4, 0.5) is 12.9 Å². The van der Waals surface area contributed by atoms with Gasteiger partial charge < -0.3 is 17.7 Å². The molecule has 1 aromatic rings. The summed E-state index contributed by atoms with van der Waals surface area (Å²) in [6.45, 7) is -1.96. The largest absolute Gasteiger partial charge is 1.00 e. The third kappa shape index (κ3) is 6.49. The summed E-state index contributed by atoms with van der Waals surface area (Å²) < 4.78 is 65.2. The molecule has 0 radical (unpaired) electrons. The van der Waals surface area contributed by atoms with E-state index in [1.165, 1.54) is 12.1 Å². The molecule has 0 heterocycles. The minimum atomic E-state index is -5.02. The van der Waals surface area contributed by atoms with Crippen molar-refractivity contribution >= 4 is 22.3 Å². The van der Waals surface area contributed by atoms with Gasteiger partial charge in [0, 0.05) is 0 Å². The SMILES string of the molecule is CC(C)S(=O)(=O)CCOc1ccc([B-](F)(F)F)cc1.[K+]. The standard InChI is InChI=1S/C11H15BF3O3S.K/c1-9(2)19(16,17)8-7-18-11-5-3-10(4-6-11)12(13,14)15;/h3-6,9H,7-8H2,1-2H3;/q-1;+1. The van der Waals surface area contributed by atoms with Crippen LogP contribution in [0.25, 0.3) is 0 Å². The van der Waals surface area contributed by atoms with Crippen molar-refractivity contribution in [2.24, 2.45) is 0 Å². The van der Waals surface area contributed by atoms with Crippen molar-refractivity contribution in [2.45, 2.75) is 19.1 Å². The zero-order chi connectivity index (χ0) is 14.7. The van der Waals surface area contributed by atoms with Crippen LogP contribution < -0.4 is 61.6 Å². The Morgan fingerprint density at radius 1 is 1.15 bits per heavy atom. The summed E-state index contributed by atoms with van der Waals surface area (Å²) in [5.41, 5.74) is -0.706. The van der Waals surface area contributed by atoms with Crippen molar-refractivity contribution in [3.8, 4) is 5.75 Å². The number of hydrogen-bond donors (Lipinski definition) is 0. The van der Waals surface area contributed by atoms with Crippen LogP contribution in [0.1, 0.15) is 13.8 Å². The fraction of sp³-hybridized carbons (Fsp3) is 0.455. The molecule has 0 unspecified atom stereocenters. The monoisotopic (exact) mass is 334 g/mol. The third-order valence-electron chi connectivity index (χ3n) is 2.61. The second-order valence-electron chi connectivity index (χ2n) is 4.41. The topological polar surface area (TPSA) is 43.4 Å². The van der Waals surface area contributed by atoms with E-state index >= 15 is 0 Å². The second kappa shape index (κ2) is 8.19. The Morgan fingerprint density at radius 2 is 1.65 bits per heavy atom. The van der Waals surface area contributed by atoms with Crippen molar-refractivity contribution in [1.29, 1.82) is 0 Å². The van der Waals surface area contributed by atoms with Crippen molar-refractivity contribution in [1.82, 2.24) is 0 Å². The molecule has 0 spiro atoms. The summed E-state index contributed by atoms with van der Waals surface area (Å²) in [5, 5.41) is -0.494. The maximum atomic E-state index is 12.4. The minimum Gasteiger partial charge on any atom is -0.493 e. The van der Waals surface area contributed by atoms with Gasteiger partial charge in [-0.05, 0) is 26.0 Å². The molecule has 0 fully saturated rings. The van der Waals surface area contributed by atoms with E-state index in [0.717, 1.165) is 12.1 Å². The van der Waals surface area contributed by atoms with E-state index in [-0.39, 0.29) is 69.5 Å². The van der Waals surface area contributed by atoms with E-state index in [0.29, 0.717) is 0 Å². The number of halogens is 3. The Bertz CT molecular complexity index is 515. The van der Waals surface area contributed by atoms with Gasteiger partial charge in [0.25, 0.3) is 0 Å². The van der Waals surface area contributed by atoms with Crippen LogP contribution in [-0.2, 0) is 9.84 Å². The van der Waals surface area contributed by atoms with Crippen molar-refractivity contribution < 1.29 is 77.5 Å². The first-order valence-electron chi connectivity index (χ1n) is 5.77. The van der Waals surface area contributed by atoms with E-state index < -0.39 is 27.5 Å². The van der Waals surface area contributed by atoms with E-state index in [1.807, 2.05) is 0 Å². The predicted octanol–water partition coefficient (Wildman–Crippen LogP) is -1.05. The summed E-state index contributed by atoms with van der Waals surface area (Å²) >= 11 is 0. The summed E-state index contributed by atoms with van der Waals surface area (Å²) in [5.74, 6) is 0.0677. The molecule has 108 valence electrons.